The quantitative estimate of drug-likeness (QED) is 0.745. The van der Waals surface area contributed by atoms with E-state index >= 15 is 0 Å². The van der Waals surface area contributed by atoms with Crippen molar-refractivity contribution >= 4 is 29.0 Å². The molecule has 0 aliphatic carbocycles. The minimum Gasteiger partial charge on any atom is -0.292 e. The first-order valence-corrected chi connectivity index (χ1v) is 5.17. The van der Waals surface area contributed by atoms with Gasteiger partial charge >= 0.3 is 0 Å². The zero-order chi connectivity index (χ0) is 10.7. The van der Waals surface area contributed by atoms with Crippen molar-refractivity contribution < 1.29 is 4.79 Å². The van der Waals surface area contributed by atoms with Crippen LogP contribution in [0.15, 0.2) is 12.3 Å². The van der Waals surface area contributed by atoms with E-state index in [-0.39, 0.29) is 11.7 Å². The van der Waals surface area contributed by atoms with Crippen LogP contribution in [0, 0.1) is 5.92 Å². The number of carbonyl (C=O) groups excluding carboxylic acids is 1. The molecule has 1 aromatic heterocycles. The molecule has 1 rings (SSSR count). The Balaban J connectivity index is 3.02. The van der Waals surface area contributed by atoms with Crippen LogP contribution < -0.4 is 0 Å². The van der Waals surface area contributed by atoms with Crippen molar-refractivity contribution in [3.63, 3.8) is 0 Å². The smallest absolute Gasteiger partial charge is 0.185 e. The molecule has 1 atom stereocenters. The number of aromatic nitrogens is 1. The standard InChI is InChI=1S/C10H11Cl2NO/c1-3-6(2)10(14)9-8(12)4-7(11)5-13-9/h4-6H,3H2,1-2H3. The van der Waals surface area contributed by atoms with E-state index in [1.807, 2.05) is 13.8 Å². The predicted octanol–water partition coefficient (Wildman–Crippen LogP) is 3.62. The number of halogens is 2. The van der Waals surface area contributed by atoms with E-state index in [1.54, 1.807) is 0 Å². The Morgan fingerprint density at radius 2 is 2.21 bits per heavy atom. The average molecular weight is 232 g/mol. The van der Waals surface area contributed by atoms with Gasteiger partial charge in [0.15, 0.2) is 5.78 Å². The first kappa shape index (κ1) is 11.5. The molecule has 0 saturated carbocycles. The zero-order valence-electron chi connectivity index (χ0n) is 8.05. The summed E-state index contributed by atoms with van der Waals surface area (Å²) in [6.45, 7) is 3.81. The number of hydrogen-bond acceptors (Lipinski definition) is 2. The summed E-state index contributed by atoms with van der Waals surface area (Å²) in [7, 11) is 0. The highest BCUT2D eigenvalue weighted by Gasteiger charge is 2.17. The van der Waals surface area contributed by atoms with Crippen LogP contribution in [0.4, 0.5) is 0 Å². The number of pyridine rings is 1. The maximum Gasteiger partial charge on any atom is 0.185 e. The third kappa shape index (κ3) is 2.46. The number of rotatable bonds is 3. The molecular formula is C10H11Cl2NO. The van der Waals surface area contributed by atoms with Crippen molar-refractivity contribution in [2.75, 3.05) is 0 Å². The molecule has 0 spiro atoms. The highest BCUT2D eigenvalue weighted by Crippen LogP contribution is 2.21. The topological polar surface area (TPSA) is 30.0 Å². The monoisotopic (exact) mass is 231 g/mol. The van der Waals surface area contributed by atoms with Gasteiger partial charge in [-0.05, 0) is 12.5 Å². The Morgan fingerprint density at radius 1 is 1.57 bits per heavy atom. The lowest BCUT2D eigenvalue weighted by Crippen LogP contribution is -2.12. The molecule has 1 heterocycles. The summed E-state index contributed by atoms with van der Waals surface area (Å²) in [5, 5.41) is 0.763. The molecule has 0 fully saturated rings. The summed E-state index contributed by atoms with van der Waals surface area (Å²) in [5.41, 5.74) is 0.311. The molecule has 2 nitrogen and oxygen atoms in total. The van der Waals surface area contributed by atoms with Crippen LogP contribution in [0.3, 0.4) is 0 Å². The normalized spacial score (nSPS) is 12.6. The molecule has 4 heteroatoms. The summed E-state index contributed by atoms with van der Waals surface area (Å²) in [5.74, 6) is -0.0876. The zero-order valence-corrected chi connectivity index (χ0v) is 9.56. The van der Waals surface area contributed by atoms with Crippen LogP contribution in [0.5, 0.6) is 0 Å². The molecule has 0 saturated heterocycles. The van der Waals surface area contributed by atoms with E-state index in [0.29, 0.717) is 15.7 Å². The summed E-state index contributed by atoms with van der Waals surface area (Å²) in [4.78, 5) is 15.7. The van der Waals surface area contributed by atoms with Crippen LogP contribution in [-0.4, -0.2) is 10.8 Å². The molecule has 0 N–H and O–H groups in total. The maximum absolute atomic E-state index is 11.7. The van der Waals surface area contributed by atoms with Gasteiger partial charge in [-0.25, -0.2) is 4.98 Å². The third-order valence-electron chi connectivity index (χ3n) is 2.10. The first-order valence-electron chi connectivity index (χ1n) is 4.41. The average Bonchev–Trinajstić information content (AvgIpc) is 2.15. The molecule has 0 amide bonds. The second-order valence-electron chi connectivity index (χ2n) is 3.16. The van der Waals surface area contributed by atoms with Gasteiger partial charge in [-0.3, -0.25) is 4.79 Å². The SMILES string of the molecule is CCC(C)C(=O)c1ncc(Cl)cc1Cl. The second kappa shape index (κ2) is 4.76. The highest BCUT2D eigenvalue weighted by molar-refractivity contribution is 6.36. The van der Waals surface area contributed by atoms with E-state index in [9.17, 15) is 4.79 Å². The van der Waals surface area contributed by atoms with Crippen LogP contribution in [0.25, 0.3) is 0 Å². The van der Waals surface area contributed by atoms with Crippen molar-refractivity contribution in [3.05, 3.63) is 28.0 Å². The van der Waals surface area contributed by atoms with Gasteiger partial charge in [0.25, 0.3) is 0 Å². The molecular weight excluding hydrogens is 221 g/mol. The van der Waals surface area contributed by atoms with Crippen molar-refractivity contribution in [1.29, 1.82) is 0 Å². The van der Waals surface area contributed by atoms with Gasteiger partial charge in [-0.1, -0.05) is 37.0 Å². The molecule has 1 unspecified atom stereocenters. The molecule has 1 aromatic rings. The van der Waals surface area contributed by atoms with E-state index in [4.69, 9.17) is 23.2 Å². The number of ketones is 1. The largest absolute Gasteiger partial charge is 0.292 e. The second-order valence-corrected chi connectivity index (χ2v) is 4.00. The van der Waals surface area contributed by atoms with Crippen LogP contribution in [0.1, 0.15) is 30.8 Å². The lowest BCUT2D eigenvalue weighted by Gasteiger charge is -2.07. The van der Waals surface area contributed by atoms with Gasteiger partial charge in [-0.2, -0.15) is 0 Å². The van der Waals surface area contributed by atoms with Gasteiger partial charge < -0.3 is 0 Å². The number of nitrogens with zero attached hydrogens (tertiary/aromatic N) is 1. The fourth-order valence-corrected chi connectivity index (χ4v) is 1.49. The molecule has 0 aromatic carbocycles. The molecule has 0 aliphatic rings. The van der Waals surface area contributed by atoms with E-state index < -0.39 is 0 Å². The Morgan fingerprint density at radius 3 is 2.71 bits per heavy atom. The first-order chi connectivity index (χ1) is 6.56. The maximum atomic E-state index is 11.7. The van der Waals surface area contributed by atoms with Crippen LogP contribution in [0.2, 0.25) is 10.0 Å². The summed E-state index contributed by atoms with van der Waals surface area (Å²) < 4.78 is 0. The van der Waals surface area contributed by atoms with Gasteiger partial charge in [0, 0.05) is 12.1 Å². The van der Waals surface area contributed by atoms with Gasteiger partial charge in [-0.15, -0.1) is 0 Å². The Kier molecular flexibility index (Phi) is 3.90. The van der Waals surface area contributed by atoms with Crippen molar-refractivity contribution in [1.82, 2.24) is 4.98 Å². The molecule has 0 aliphatic heterocycles. The number of carbonyl (C=O) groups is 1. The third-order valence-corrected chi connectivity index (χ3v) is 2.60. The molecule has 76 valence electrons. The Bertz CT molecular complexity index is 352. The number of Topliss-reactive ketones (excluding diaryl/α,β-unsaturated/α-hetero) is 1. The molecule has 0 radical (unpaired) electrons. The summed E-state index contributed by atoms with van der Waals surface area (Å²) >= 11 is 11.5. The highest BCUT2D eigenvalue weighted by atomic mass is 35.5. The van der Waals surface area contributed by atoms with E-state index in [1.165, 1.54) is 12.3 Å². The van der Waals surface area contributed by atoms with Gasteiger partial charge in [0.1, 0.15) is 5.69 Å². The van der Waals surface area contributed by atoms with Crippen molar-refractivity contribution in [2.45, 2.75) is 20.3 Å². The fourth-order valence-electron chi connectivity index (χ4n) is 1.01. The summed E-state index contributed by atoms with van der Waals surface area (Å²) in [6, 6.07) is 1.53. The lowest BCUT2D eigenvalue weighted by atomic mass is 10.0. The molecule has 0 bridgehead atoms. The molecule has 14 heavy (non-hydrogen) atoms. The fraction of sp³-hybridized carbons (Fsp3) is 0.400. The van der Waals surface area contributed by atoms with Crippen molar-refractivity contribution in [3.8, 4) is 0 Å². The predicted molar refractivity (Wildman–Crippen MR) is 58.0 cm³/mol. The summed E-state index contributed by atoms with van der Waals surface area (Å²) in [6.07, 6.45) is 2.21. The minimum atomic E-state index is -0.0545. The van der Waals surface area contributed by atoms with E-state index in [2.05, 4.69) is 4.98 Å². The van der Waals surface area contributed by atoms with E-state index in [0.717, 1.165) is 6.42 Å². The lowest BCUT2D eigenvalue weighted by molar-refractivity contribution is 0.0922. The number of hydrogen-bond donors (Lipinski definition) is 0. The van der Waals surface area contributed by atoms with Crippen LogP contribution >= 0.6 is 23.2 Å². The van der Waals surface area contributed by atoms with Gasteiger partial charge in [0.05, 0.1) is 10.0 Å². The Hall–Kier alpha value is -0.600. The van der Waals surface area contributed by atoms with Crippen molar-refractivity contribution in [2.24, 2.45) is 5.92 Å². The van der Waals surface area contributed by atoms with Gasteiger partial charge in [0.2, 0.25) is 0 Å². The Labute approximate surface area is 93.2 Å². The minimum absolute atomic E-state index is 0.0332. The van der Waals surface area contributed by atoms with Crippen LogP contribution in [-0.2, 0) is 0 Å².